The topological polar surface area (TPSA) is 111 Å². The molecule has 0 spiro atoms. The molecule has 0 aromatic heterocycles. The van der Waals surface area contributed by atoms with Gasteiger partial charge in [0.15, 0.2) is 11.5 Å². The van der Waals surface area contributed by atoms with Gasteiger partial charge in [-0.3, -0.25) is 0 Å². The zero-order valence-corrected chi connectivity index (χ0v) is 11.1. The summed E-state index contributed by atoms with van der Waals surface area (Å²) in [6, 6.07) is 3.11. The molecular weight excluding hydrogens is 278 g/mol. The lowest BCUT2D eigenvalue weighted by molar-refractivity contribution is -0.157. The average molecular weight is 295 g/mol. The molecule has 0 bridgehead atoms. The van der Waals surface area contributed by atoms with Crippen molar-refractivity contribution in [2.45, 2.75) is 42.9 Å². The van der Waals surface area contributed by atoms with Crippen LogP contribution in [-0.4, -0.2) is 57.7 Å². The van der Waals surface area contributed by atoms with E-state index in [1.807, 2.05) is 6.07 Å². The maximum absolute atomic E-state index is 10.3. The minimum Gasteiger partial charge on any atom is -0.454 e. The SMILES string of the molecule is O[C@@H]1[C@@H](O)[C@@H](O)[C@H]2c3cc4c(cc3CN[C@H]2[C@@H]1O)OCO4. The van der Waals surface area contributed by atoms with Crippen LogP contribution >= 0.6 is 0 Å². The van der Waals surface area contributed by atoms with Gasteiger partial charge in [0, 0.05) is 18.5 Å². The fourth-order valence-electron chi connectivity index (χ4n) is 3.57. The fourth-order valence-corrected chi connectivity index (χ4v) is 3.57. The van der Waals surface area contributed by atoms with Crippen LogP contribution in [0, 0.1) is 0 Å². The van der Waals surface area contributed by atoms with Gasteiger partial charge in [0.2, 0.25) is 6.79 Å². The predicted octanol–water partition coefficient (Wildman–Crippen LogP) is -1.57. The molecule has 7 heteroatoms. The third-order valence-corrected chi connectivity index (χ3v) is 4.69. The lowest BCUT2D eigenvalue weighted by Gasteiger charge is -2.47. The summed E-state index contributed by atoms with van der Waals surface area (Å²) in [7, 11) is 0. The highest BCUT2D eigenvalue weighted by Gasteiger charge is 2.51. The van der Waals surface area contributed by atoms with Crippen LogP contribution in [0.4, 0.5) is 0 Å². The van der Waals surface area contributed by atoms with E-state index >= 15 is 0 Å². The summed E-state index contributed by atoms with van der Waals surface area (Å²) >= 11 is 0. The smallest absolute Gasteiger partial charge is 0.231 e. The number of fused-ring (bicyclic) bond motifs is 4. The Kier molecular flexibility index (Phi) is 2.88. The van der Waals surface area contributed by atoms with E-state index in [9.17, 15) is 20.4 Å². The summed E-state index contributed by atoms with van der Waals surface area (Å²) in [6.07, 6.45) is -5.07. The lowest BCUT2D eigenvalue weighted by atomic mass is 9.70. The standard InChI is InChI=1S/C14H17NO6/c16-11-9-6-2-8-7(20-4-21-8)1-5(6)3-15-10(9)12(17)14(19)13(11)18/h1-2,9-19H,3-4H2/t9-,10+,11-,12-,13-,14-/m0/s1. The second-order valence-corrected chi connectivity index (χ2v) is 5.80. The molecular formula is C14H17NO6. The Labute approximate surface area is 120 Å². The first-order chi connectivity index (χ1) is 10.1. The van der Waals surface area contributed by atoms with Crippen LogP contribution in [0.25, 0.3) is 0 Å². The molecule has 21 heavy (non-hydrogen) atoms. The lowest BCUT2D eigenvalue weighted by Crippen LogP contribution is -2.65. The third-order valence-electron chi connectivity index (χ3n) is 4.69. The van der Waals surface area contributed by atoms with E-state index in [0.717, 1.165) is 11.1 Å². The van der Waals surface area contributed by atoms with Crippen molar-refractivity contribution in [1.29, 1.82) is 0 Å². The number of benzene rings is 1. The van der Waals surface area contributed by atoms with Crippen LogP contribution in [-0.2, 0) is 6.54 Å². The van der Waals surface area contributed by atoms with Crippen LogP contribution in [0.1, 0.15) is 17.0 Å². The molecule has 6 atom stereocenters. The average Bonchev–Trinajstić information content (AvgIpc) is 2.94. The van der Waals surface area contributed by atoms with E-state index in [2.05, 4.69) is 5.32 Å². The Balaban J connectivity index is 1.80. The molecule has 114 valence electrons. The number of aliphatic hydroxyl groups excluding tert-OH is 4. The Bertz CT molecular complexity index is 579. The van der Waals surface area contributed by atoms with Gasteiger partial charge in [0.25, 0.3) is 0 Å². The van der Waals surface area contributed by atoms with E-state index < -0.39 is 36.4 Å². The number of rotatable bonds is 0. The molecule has 2 heterocycles. The van der Waals surface area contributed by atoms with Crippen molar-refractivity contribution in [2.24, 2.45) is 0 Å². The third kappa shape index (κ3) is 1.79. The van der Waals surface area contributed by atoms with Gasteiger partial charge in [-0.1, -0.05) is 0 Å². The monoisotopic (exact) mass is 295 g/mol. The van der Waals surface area contributed by atoms with Crippen LogP contribution in [0.5, 0.6) is 11.5 Å². The fraction of sp³-hybridized carbons (Fsp3) is 0.571. The number of ether oxygens (including phenoxy) is 2. The van der Waals surface area contributed by atoms with Crippen LogP contribution in [0.15, 0.2) is 12.1 Å². The van der Waals surface area contributed by atoms with Gasteiger partial charge in [-0.05, 0) is 23.3 Å². The van der Waals surface area contributed by atoms with Gasteiger partial charge in [0.05, 0.1) is 12.2 Å². The van der Waals surface area contributed by atoms with Crippen LogP contribution in [0.3, 0.4) is 0 Å². The first-order valence-corrected chi connectivity index (χ1v) is 6.96. The van der Waals surface area contributed by atoms with Crippen molar-refractivity contribution >= 4 is 0 Å². The summed E-state index contributed by atoms with van der Waals surface area (Å²) in [5, 5.41) is 43.3. The number of aliphatic hydroxyl groups is 4. The summed E-state index contributed by atoms with van der Waals surface area (Å²) < 4.78 is 10.7. The molecule has 1 fully saturated rings. The van der Waals surface area contributed by atoms with Crippen molar-refractivity contribution in [3.05, 3.63) is 23.3 Å². The molecule has 7 nitrogen and oxygen atoms in total. The van der Waals surface area contributed by atoms with E-state index in [0.29, 0.717) is 18.0 Å². The van der Waals surface area contributed by atoms with E-state index in [4.69, 9.17) is 9.47 Å². The summed E-state index contributed by atoms with van der Waals surface area (Å²) in [6.45, 7) is 0.645. The van der Waals surface area contributed by atoms with Gasteiger partial charge in [-0.2, -0.15) is 0 Å². The van der Waals surface area contributed by atoms with Gasteiger partial charge in [-0.25, -0.2) is 0 Å². The summed E-state index contributed by atoms with van der Waals surface area (Å²) in [4.78, 5) is 0. The zero-order chi connectivity index (χ0) is 14.7. The van der Waals surface area contributed by atoms with Crippen LogP contribution in [0.2, 0.25) is 0 Å². The summed E-state index contributed by atoms with van der Waals surface area (Å²) in [5.74, 6) is 0.730. The predicted molar refractivity (Wildman–Crippen MR) is 70.0 cm³/mol. The molecule has 0 radical (unpaired) electrons. The van der Waals surface area contributed by atoms with Gasteiger partial charge in [-0.15, -0.1) is 0 Å². The highest BCUT2D eigenvalue weighted by Crippen LogP contribution is 2.44. The molecule has 1 aliphatic carbocycles. The maximum atomic E-state index is 10.3. The molecule has 0 unspecified atom stereocenters. The Morgan fingerprint density at radius 2 is 1.57 bits per heavy atom. The molecule has 0 saturated heterocycles. The Morgan fingerprint density at radius 3 is 2.33 bits per heavy atom. The van der Waals surface area contributed by atoms with Crippen molar-refractivity contribution in [2.75, 3.05) is 6.79 Å². The van der Waals surface area contributed by atoms with Gasteiger partial charge >= 0.3 is 0 Å². The molecule has 0 amide bonds. The Morgan fingerprint density at radius 1 is 0.905 bits per heavy atom. The molecule has 3 aliphatic rings. The molecule has 2 aliphatic heterocycles. The first kappa shape index (κ1) is 13.3. The van der Waals surface area contributed by atoms with E-state index in [1.54, 1.807) is 6.07 Å². The van der Waals surface area contributed by atoms with E-state index in [1.165, 1.54) is 0 Å². The first-order valence-electron chi connectivity index (χ1n) is 6.96. The highest BCUT2D eigenvalue weighted by atomic mass is 16.7. The highest BCUT2D eigenvalue weighted by molar-refractivity contribution is 5.51. The number of hydrogen-bond acceptors (Lipinski definition) is 7. The quantitative estimate of drug-likeness (QED) is 0.393. The normalized spacial score (nSPS) is 40.6. The van der Waals surface area contributed by atoms with Crippen LogP contribution < -0.4 is 14.8 Å². The maximum Gasteiger partial charge on any atom is 0.231 e. The van der Waals surface area contributed by atoms with E-state index in [-0.39, 0.29) is 6.79 Å². The van der Waals surface area contributed by atoms with Crippen molar-refractivity contribution in [3.8, 4) is 11.5 Å². The van der Waals surface area contributed by atoms with Gasteiger partial charge < -0.3 is 35.2 Å². The minimum atomic E-state index is -1.39. The van der Waals surface area contributed by atoms with Gasteiger partial charge in [0.1, 0.15) is 12.2 Å². The summed E-state index contributed by atoms with van der Waals surface area (Å²) in [5.41, 5.74) is 1.73. The second kappa shape index (κ2) is 4.56. The van der Waals surface area contributed by atoms with Crippen molar-refractivity contribution < 1.29 is 29.9 Å². The van der Waals surface area contributed by atoms with Crippen molar-refractivity contribution in [3.63, 3.8) is 0 Å². The minimum absolute atomic E-state index is 0.159. The van der Waals surface area contributed by atoms with Crippen molar-refractivity contribution in [1.82, 2.24) is 5.32 Å². The number of nitrogens with one attached hydrogen (secondary N) is 1. The molecule has 1 saturated carbocycles. The zero-order valence-electron chi connectivity index (χ0n) is 11.1. The molecule has 5 N–H and O–H groups in total. The molecule has 1 aromatic carbocycles. The number of hydrogen-bond donors (Lipinski definition) is 5. The second-order valence-electron chi connectivity index (χ2n) is 5.80. The Hall–Kier alpha value is -1.38. The molecule has 4 rings (SSSR count). The molecule has 1 aromatic rings. The largest absolute Gasteiger partial charge is 0.454 e.